The van der Waals surface area contributed by atoms with Gasteiger partial charge in [0, 0.05) is 11.8 Å². The minimum absolute atomic E-state index is 0.0832. The van der Waals surface area contributed by atoms with Crippen molar-refractivity contribution in [2.24, 2.45) is 5.92 Å². The Morgan fingerprint density at radius 2 is 1.71 bits per heavy atom. The van der Waals surface area contributed by atoms with E-state index in [0.717, 1.165) is 5.56 Å². The summed E-state index contributed by atoms with van der Waals surface area (Å²) in [5, 5.41) is 11.9. The molecule has 1 heterocycles. The lowest BCUT2D eigenvalue weighted by Gasteiger charge is -2.26. The minimum Gasteiger partial charge on any atom is -0.507 e. The van der Waals surface area contributed by atoms with Crippen molar-refractivity contribution in [3.63, 3.8) is 0 Å². The quantitative estimate of drug-likeness (QED) is 0.206. The molecule has 4 rings (SSSR count). The van der Waals surface area contributed by atoms with E-state index in [2.05, 4.69) is 0 Å². The van der Waals surface area contributed by atoms with Crippen molar-refractivity contribution in [3.05, 3.63) is 87.9 Å². The lowest BCUT2D eigenvalue weighted by Crippen LogP contribution is -2.29. The molecule has 1 aliphatic rings. The molecule has 1 unspecified atom stereocenters. The summed E-state index contributed by atoms with van der Waals surface area (Å²) in [5.74, 6) is -0.566. The number of hydrogen-bond donors (Lipinski definition) is 1. The first-order chi connectivity index (χ1) is 18.2. The van der Waals surface area contributed by atoms with E-state index in [1.807, 2.05) is 45.0 Å². The Labute approximate surface area is 227 Å². The van der Waals surface area contributed by atoms with Gasteiger partial charge in [-0.2, -0.15) is 0 Å². The highest BCUT2D eigenvalue weighted by atomic mass is 35.5. The second kappa shape index (κ2) is 11.2. The molecular formula is C30H30ClNO6. The standard InChI is InChI=1S/C30H30ClNO6/c1-17(2)16-38-21-11-7-9-19(13-21)27-26(28(33)22-14-25(37-5)23(31)15-24(22)36-4)29(34)30(35)32(27)20-10-6-8-18(3)12-20/h6-15,17,27,33H,16H2,1-5H3/b28-26+. The van der Waals surface area contributed by atoms with Crippen molar-refractivity contribution in [2.45, 2.75) is 26.8 Å². The fourth-order valence-corrected chi connectivity index (χ4v) is 4.65. The second-order valence-corrected chi connectivity index (χ2v) is 9.88. The predicted octanol–water partition coefficient (Wildman–Crippen LogP) is 6.33. The van der Waals surface area contributed by atoms with Crippen LogP contribution in [0, 0.1) is 12.8 Å². The molecular weight excluding hydrogens is 506 g/mol. The highest BCUT2D eigenvalue weighted by Crippen LogP contribution is 2.45. The predicted molar refractivity (Wildman–Crippen MR) is 147 cm³/mol. The number of aliphatic hydroxyl groups excluding tert-OH is 1. The molecule has 1 N–H and O–H groups in total. The number of hydrogen-bond acceptors (Lipinski definition) is 6. The maximum absolute atomic E-state index is 13.6. The zero-order valence-electron chi connectivity index (χ0n) is 21.9. The van der Waals surface area contributed by atoms with E-state index < -0.39 is 23.5 Å². The molecule has 0 bridgehead atoms. The number of carbonyl (C=O) groups excluding carboxylic acids is 2. The van der Waals surface area contributed by atoms with E-state index in [0.29, 0.717) is 29.5 Å². The van der Waals surface area contributed by atoms with Gasteiger partial charge < -0.3 is 19.3 Å². The number of methoxy groups -OCH3 is 2. The molecule has 3 aromatic rings. The largest absolute Gasteiger partial charge is 0.507 e. The van der Waals surface area contributed by atoms with Crippen molar-refractivity contribution in [2.75, 3.05) is 25.7 Å². The fraction of sp³-hybridized carbons (Fsp3) is 0.267. The lowest BCUT2D eigenvalue weighted by atomic mass is 9.94. The van der Waals surface area contributed by atoms with Gasteiger partial charge in [0.1, 0.15) is 23.0 Å². The molecule has 7 nitrogen and oxygen atoms in total. The first-order valence-corrected chi connectivity index (χ1v) is 12.6. The Morgan fingerprint density at radius 1 is 1.00 bits per heavy atom. The number of carbonyl (C=O) groups is 2. The van der Waals surface area contributed by atoms with Gasteiger partial charge in [-0.25, -0.2) is 0 Å². The summed E-state index contributed by atoms with van der Waals surface area (Å²) < 4.78 is 16.7. The van der Waals surface area contributed by atoms with Crippen LogP contribution in [0.4, 0.5) is 5.69 Å². The van der Waals surface area contributed by atoms with Crippen LogP contribution >= 0.6 is 11.6 Å². The summed E-state index contributed by atoms with van der Waals surface area (Å²) >= 11 is 6.26. The summed E-state index contributed by atoms with van der Waals surface area (Å²) in [6.45, 7) is 6.50. The first-order valence-electron chi connectivity index (χ1n) is 12.2. The molecule has 38 heavy (non-hydrogen) atoms. The highest BCUT2D eigenvalue weighted by molar-refractivity contribution is 6.51. The Balaban J connectivity index is 1.96. The maximum Gasteiger partial charge on any atom is 0.300 e. The number of ketones is 1. The van der Waals surface area contributed by atoms with Crippen molar-refractivity contribution in [3.8, 4) is 17.2 Å². The van der Waals surface area contributed by atoms with Crippen molar-refractivity contribution < 1.29 is 28.9 Å². The fourth-order valence-electron chi connectivity index (χ4n) is 4.42. The highest BCUT2D eigenvalue weighted by Gasteiger charge is 2.47. The number of Topliss-reactive ketones (excluding diaryl/α,β-unsaturated/α-hetero) is 1. The number of halogens is 1. The van der Waals surface area contributed by atoms with Crippen LogP contribution in [0.25, 0.3) is 5.76 Å². The monoisotopic (exact) mass is 535 g/mol. The molecule has 1 atom stereocenters. The van der Waals surface area contributed by atoms with Gasteiger partial charge in [-0.15, -0.1) is 0 Å². The summed E-state index contributed by atoms with van der Waals surface area (Å²) in [6, 6.07) is 16.5. The topological polar surface area (TPSA) is 85.3 Å². The number of anilines is 1. The van der Waals surface area contributed by atoms with E-state index in [4.69, 9.17) is 25.8 Å². The number of benzene rings is 3. The normalized spacial score (nSPS) is 16.7. The molecule has 0 radical (unpaired) electrons. The number of rotatable bonds is 8. The van der Waals surface area contributed by atoms with Crippen LogP contribution in [0.1, 0.15) is 36.6 Å². The van der Waals surface area contributed by atoms with E-state index in [9.17, 15) is 14.7 Å². The zero-order chi connectivity index (χ0) is 27.6. The van der Waals surface area contributed by atoms with Crippen LogP contribution in [-0.4, -0.2) is 37.6 Å². The van der Waals surface area contributed by atoms with Gasteiger partial charge in [0.25, 0.3) is 11.7 Å². The third kappa shape index (κ3) is 5.20. The number of nitrogens with zero attached hydrogens (tertiary/aromatic N) is 1. The second-order valence-electron chi connectivity index (χ2n) is 9.47. The molecule has 1 fully saturated rings. The molecule has 1 aliphatic heterocycles. The zero-order valence-corrected chi connectivity index (χ0v) is 22.7. The van der Waals surface area contributed by atoms with E-state index >= 15 is 0 Å². The Morgan fingerprint density at radius 3 is 2.37 bits per heavy atom. The molecule has 0 aromatic heterocycles. The van der Waals surface area contributed by atoms with Crippen molar-refractivity contribution >= 4 is 34.7 Å². The number of aryl methyl sites for hydroxylation is 1. The van der Waals surface area contributed by atoms with Gasteiger partial charge in [0.15, 0.2) is 0 Å². The van der Waals surface area contributed by atoms with Crippen LogP contribution in [0.3, 0.4) is 0 Å². The lowest BCUT2D eigenvalue weighted by molar-refractivity contribution is -0.132. The molecule has 0 aliphatic carbocycles. The smallest absolute Gasteiger partial charge is 0.300 e. The number of aliphatic hydroxyl groups is 1. The Hall–Kier alpha value is -3.97. The average Bonchev–Trinajstić information content (AvgIpc) is 3.17. The van der Waals surface area contributed by atoms with Crippen LogP contribution in [0.15, 0.2) is 66.2 Å². The molecule has 0 saturated carbocycles. The SMILES string of the molecule is COc1cc(/C(O)=C2\C(=O)C(=O)N(c3cccc(C)c3)C2c2cccc(OCC(C)C)c2)c(OC)cc1Cl. The first kappa shape index (κ1) is 27.1. The molecule has 198 valence electrons. The van der Waals surface area contributed by atoms with Crippen LogP contribution in [0.5, 0.6) is 17.2 Å². The minimum atomic E-state index is -0.925. The van der Waals surface area contributed by atoms with Crippen molar-refractivity contribution in [1.82, 2.24) is 0 Å². The average molecular weight is 536 g/mol. The molecule has 3 aromatic carbocycles. The van der Waals surface area contributed by atoms with Gasteiger partial charge in [0.05, 0.1) is 43.0 Å². The summed E-state index contributed by atoms with van der Waals surface area (Å²) in [6.07, 6.45) is 0. The third-order valence-electron chi connectivity index (χ3n) is 6.21. The number of ether oxygens (including phenoxy) is 3. The van der Waals surface area contributed by atoms with E-state index in [1.165, 1.54) is 31.3 Å². The summed E-state index contributed by atoms with van der Waals surface area (Å²) in [7, 11) is 2.87. The Bertz CT molecular complexity index is 1410. The summed E-state index contributed by atoms with van der Waals surface area (Å²) in [4.78, 5) is 28.5. The number of amides is 1. The van der Waals surface area contributed by atoms with E-state index in [1.54, 1.807) is 24.3 Å². The molecule has 1 amide bonds. The molecule has 1 saturated heterocycles. The van der Waals surface area contributed by atoms with Gasteiger partial charge in [-0.1, -0.05) is 49.7 Å². The Kier molecular flexibility index (Phi) is 7.97. The van der Waals surface area contributed by atoms with Crippen LogP contribution < -0.4 is 19.1 Å². The molecule has 0 spiro atoms. The van der Waals surface area contributed by atoms with Gasteiger partial charge in [-0.05, 0) is 54.3 Å². The summed E-state index contributed by atoms with van der Waals surface area (Å²) in [5.41, 5.74) is 2.15. The van der Waals surface area contributed by atoms with Crippen LogP contribution in [-0.2, 0) is 9.59 Å². The van der Waals surface area contributed by atoms with Crippen LogP contribution in [0.2, 0.25) is 5.02 Å². The van der Waals surface area contributed by atoms with E-state index in [-0.39, 0.29) is 27.7 Å². The maximum atomic E-state index is 13.6. The van der Waals surface area contributed by atoms with Gasteiger partial charge in [-0.3, -0.25) is 14.5 Å². The molecule has 8 heteroatoms. The van der Waals surface area contributed by atoms with Gasteiger partial charge in [0.2, 0.25) is 0 Å². The van der Waals surface area contributed by atoms with Gasteiger partial charge >= 0.3 is 0 Å². The van der Waals surface area contributed by atoms with Crippen molar-refractivity contribution in [1.29, 1.82) is 0 Å². The third-order valence-corrected chi connectivity index (χ3v) is 6.51.